The quantitative estimate of drug-likeness (QED) is 0.787. The van der Waals surface area contributed by atoms with Crippen molar-refractivity contribution in [1.82, 2.24) is 15.0 Å². The lowest BCUT2D eigenvalue weighted by molar-refractivity contribution is 0.0203. The summed E-state index contributed by atoms with van der Waals surface area (Å²) in [6.07, 6.45) is 5.23. The molecular weight excluding hydrogens is 330 g/mol. The zero-order valence-electron chi connectivity index (χ0n) is 13.8. The van der Waals surface area contributed by atoms with Crippen LogP contribution in [-0.2, 0) is 4.74 Å². The van der Waals surface area contributed by atoms with Crippen LogP contribution in [0.3, 0.4) is 0 Å². The summed E-state index contributed by atoms with van der Waals surface area (Å²) in [7, 11) is 1.57. The van der Waals surface area contributed by atoms with Crippen LogP contribution in [0.15, 0.2) is 18.2 Å². The molecule has 7 heteroatoms. The van der Waals surface area contributed by atoms with Crippen LogP contribution in [0.5, 0.6) is 5.75 Å². The van der Waals surface area contributed by atoms with E-state index in [1.807, 2.05) is 0 Å². The number of esters is 1. The van der Waals surface area contributed by atoms with Gasteiger partial charge >= 0.3 is 5.97 Å². The molecule has 0 aliphatic heterocycles. The number of rotatable bonds is 4. The van der Waals surface area contributed by atoms with Gasteiger partial charge in [0.25, 0.3) is 0 Å². The number of halogens is 1. The highest BCUT2D eigenvalue weighted by molar-refractivity contribution is 6.30. The molecule has 0 N–H and O–H groups in total. The van der Waals surface area contributed by atoms with Crippen molar-refractivity contribution in [1.29, 1.82) is 0 Å². The Labute approximate surface area is 145 Å². The van der Waals surface area contributed by atoms with Crippen LogP contribution in [0, 0.1) is 6.92 Å². The van der Waals surface area contributed by atoms with Crippen molar-refractivity contribution >= 4 is 17.6 Å². The van der Waals surface area contributed by atoms with Crippen molar-refractivity contribution in [3.05, 3.63) is 34.6 Å². The SMILES string of the molecule is COc1ccc(Cl)cc1-n1nnc(C(=O)OC2CCCCC2)c1C. The van der Waals surface area contributed by atoms with Crippen LogP contribution in [0.2, 0.25) is 5.02 Å². The average molecular weight is 350 g/mol. The first-order valence-electron chi connectivity index (χ1n) is 8.07. The van der Waals surface area contributed by atoms with Gasteiger partial charge in [-0.15, -0.1) is 5.10 Å². The third-order valence-corrected chi connectivity index (χ3v) is 4.52. The first-order valence-corrected chi connectivity index (χ1v) is 8.45. The number of carbonyl (C=O) groups is 1. The van der Waals surface area contributed by atoms with Crippen molar-refractivity contribution in [3.63, 3.8) is 0 Å². The highest BCUT2D eigenvalue weighted by Crippen LogP contribution is 2.28. The van der Waals surface area contributed by atoms with Gasteiger partial charge in [0.2, 0.25) is 0 Å². The highest BCUT2D eigenvalue weighted by Gasteiger charge is 2.24. The van der Waals surface area contributed by atoms with Crippen LogP contribution in [-0.4, -0.2) is 34.2 Å². The summed E-state index contributed by atoms with van der Waals surface area (Å²) in [6.45, 7) is 1.78. The monoisotopic (exact) mass is 349 g/mol. The number of carbonyl (C=O) groups excluding carboxylic acids is 1. The predicted molar refractivity (Wildman–Crippen MR) is 89.9 cm³/mol. The highest BCUT2D eigenvalue weighted by atomic mass is 35.5. The molecule has 0 atom stereocenters. The summed E-state index contributed by atoms with van der Waals surface area (Å²) in [4.78, 5) is 12.4. The molecule has 1 aliphatic carbocycles. The minimum atomic E-state index is -0.424. The number of nitrogens with zero attached hydrogens (tertiary/aromatic N) is 3. The van der Waals surface area contributed by atoms with Crippen LogP contribution >= 0.6 is 11.6 Å². The molecule has 0 radical (unpaired) electrons. The Hall–Kier alpha value is -2.08. The maximum atomic E-state index is 12.4. The number of hydrogen-bond donors (Lipinski definition) is 0. The van der Waals surface area contributed by atoms with Gasteiger partial charge in [0, 0.05) is 5.02 Å². The Morgan fingerprint density at radius 1 is 1.29 bits per heavy atom. The summed E-state index contributed by atoms with van der Waals surface area (Å²) in [5.74, 6) is 0.172. The average Bonchev–Trinajstić information content (AvgIpc) is 2.97. The number of hydrogen-bond acceptors (Lipinski definition) is 5. The second kappa shape index (κ2) is 7.21. The fourth-order valence-corrected chi connectivity index (χ4v) is 3.13. The number of ether oxygens (including phenoxy) is 2. The van der Waals surface area contributed by atoms with E-state index in [0.29, 0.717) is 22.2 Å². The molecule has 1 fully saturated rings. The van der Waals surface area contributed by atoms with Crippen LogP contribution in [0.1, 0.15) is 48.3 Å². The lowest BCUT2D eigenvalue weighted by Crippen LogP contribution is -2.21. The molecule has 128 valence electrons. The second-order valence-corrected chi connectivity index (χ2v) is 6.35. The zero-order valence-corrected chi connectivity index (χ0v) is 14.5. The number of benzene rings is 1. The van der Waals surface area contributed by atoms with E-state index in [4.69, 9.17) is 21.1 Å². The lowest BCUT2D eigenvalue weighted by Gasteiger charge is -2.21. The van der Waals surface area contributed by atoms with E-state index in [0.717, 1.165) is 25.7 Å². The summed E-state index contributed by atoms with van der Waals surface area (Å²) in [6, 6.07) is 5.20. The maximum absolute atomic E-state index is 12.4. The fourth-order valence-electron chi connectivity index (χ4n) is 2.97. The molecule has 0 spiro atoms. The standard InChI is InChI=1S/C17H20ClN3O3/c1-11-16(17(22)24-13-6-4-3-5-7-13)19-20-21(11)14-10-12(18)8-9-15(14)23-2/h8-10,13H,3-7H2,1-2H3. The summed E-state index contributed by atoms with van der Waals surface area (Å²) >= 11 is 6.07. The largest absolute Gasteiger partial charge is 0.494 e. The third kappa shape index (κ3) is 3.38. The Morgan fingerprint density at radius 3 is 2.75 bits per heavy atom. The molecular formula is C17H20ClN3O3. The summed E-state index contributed by atoms with van der Waals surface area (Å²) < 4.78 is 12.5. The molecule has 24 heavy (non-hydrogen) atoms. The van der Waals surface area contributed by atoms with Gasteiger partial charge < -0.3 is 9.47 Å². The number of methoxy groups -OCH3 is 1. The summed E-state index contributed by atoms with van der Waals surface area (Å²) in [5, 5.41) is 8.63. The maximum Gasteiger partial charge on any atom is 0.361 e. The smallest absolute Gasteiger partial charge is 0.361 e. The molecule has 1 saturated carbocycles. The van der Waals surface area contributed by atoms with Crippen molar-refractivity contribution < 1.29 is 14.3 Å². The molecule has 1 aliphatic rings. The van der Waals surface area contributed by atoms with Gasteiger partial charge in [-0.2, -0.15) is 0 Å². The zero-order chi connectivity index (χ0) is 17.1. The van der Waals surface area contributed by atoms with Gasteiger partial charge in [-0.3, -0.25) is 0 Å². The van der Waals surface area contributed by atoms with Crippen molar-refractivity contribution in [2.45, 2.75) is 45.1 Å². The number of aromatic nitrogens is 3. The Balaban J connectivity index is 1.86. The van der Waals surface area contributed by atoms with Gasteiger partial charge in [-0.05, 0) is 50.8 Å². The molecule has 0 unspecified atom stereocenters. The van der Waals surface area contributed by atoms with Crippen LogP contribution in [0.25, 0.3) is 5.69 Å². The van der Waals surface area contributed by atoms with E-state index in [9.17, 15) is 4.79 Å². The molecule has 0 amide bonds. The second-order valence-electron chi connectivity index (χ2n) is 5.92. The Bertz CT molecular complexity index is 739. The van der Waals surface area contributed by atoms with Gasteiger partial charge in [-0.25, -0.2) is 9.48 Å². The molecule has 2 aromatic rings. The Morgan fingerprint density at radius 2 is 2.04 bits per heavy atom. The molecule has 3 rings (SSSR count). The molecule has 1 aromatic heterocycles. The lowest BCUT2D eigenvalue weighted by atomic mass is 9.98. The van der Waals surface area contributed by atoms with Gasteiger partial charge in [0.1, 0.15) is 17.5 Å². The van der Waals surface area contributed by atoms with Crippen LogP contribution < -0.4 is 4.74 Å². The molecule has 6 nitrogen and oxygen atoms in total. The molecule has 0 saturated heterocycles. The van der Waals surface area contributed by atoms with Gasteiger partial charge in [0.05, 0.1) is 12.8 Å². The van der Waals surface area contributed by atoms with Crippen molar-refractivity contribution in [2.24, 2.45) is 0 Å². The fraction of sp³-hybridized carbons (Fsp3) is 0.471. The molecule has 1 aromatic carbocycles. The summed E-state index contributed by atoms with van der Waals surface area (Å²) in [5.41, 5.74) is 1.45. The minimum Gasteiger partial charge on any atom is -0.494 e. The first kappa shape index (κ1) is 16.8. The minimum absolute atomic E-state index is 0.0171. The van der Waals surface area contributed by atoms with E-state index >= 15 is 0 Å². The van der Waals surface area contributed by atoms with Crippen molar-refractivity contribution in [2.75, 3.05) is 7.11 Å². The Kier molecular flexibility index (Phi) is 5.04. The molecule has 0 bridgehead atoms. The van der Waals surface area contributed by atoms with Crippen molar-refractivity contribution in [3.8, 4) is 11.4 Å². The van der Waals surface area contributed by atoms with E-state index in [1.54, 1.807) is 36.9 Å². The van der Waals surface area contributed by atoms with E-state index in [1.165, 1.54) is 6.42 Å². The topological polar surface area (TPSA) is 66.2 Å². The van der Waals surface area contributed by atoms with E-state index < -0.39 is 5.97 Å². The molecule has 1 heterocycles. The van der Waals surface area contributed by atoms with Gasteiger partial charge in [0.15, 0.2) is 5.69 Å². The first-order chi connectivity index (χ1) is 11.6. The van der Waals surface area contributed by atoms with E-state index in [-0.39, 0.29) is 11.8 Å². The predicted octanol–water partition coefficient (Wildman–Crippen LogP) is 3.73. The van der Waals surface area contributed by atoms with Gasteiger partial charge in [-0.1, -0.05) is 23.2 Å². The van der Waals surface area contributed by atoms with Crippen LogP contribution in [0.4, 0.5) is 0 Å². The van der Waals surface area contributed by atoms with E-state index in [2.05, 4.69) is 10.3 Å². The third-order valence-electron chi connectivity index (χ3n) is 4.28. The normalized spacial score (nSPS) is 15.3.